The zero-order chi connectivity index (χ0) is 15.0. The third-order valence-electron chi connectivity index (χ3n) is 4.37. The minimum atomic E-state index is 0.313. The summed E-state index contributed by atoms with van der Waals surface area (Å²) in [5.74, 6) is 0. The summed E-state index contributed by atoms with van der Waals surface area (Å²) >= 11 is 8.37. The van der Waals surface area contributed by atoms with Crippen LogP contribution in [0.3, 0.4) is 0 Å². The van der Waals surface area contributed by atoms with E-state index < -0.39 is 0 Å². The maximum Gasteiger partial charge on any atom is 0.0847 e. The number of halogens is 1. The fraction of sp³-hybridized carbons (Fsp3) is 0.562. The summed E-state index contributed by atoms with van der Waals surface area (Å²) in [6.07, 6.45) is 6.05. The number of aromatic nitrogens is 2. The van der Waals surface area contributed by atoms with Gasteiger partial charge in [0.15, 0.2) is 0 Å². The minimum absolute atomic E-state index is 0.313. The summed E-state index contributed by atoms with van der Waals surface area (Å²) in [4.78, 5) is 3.02. The van der Waals surface area contributed by atoms with E-state index in [1.165, 1.54) is 30.6 Å². The minimum Gasteiger partial charge on any atom is -0.312 e. The monoisotopic (exact) mass is 323 g/mol. The molecule has 0 saturated carbocycles. The zero-order valence-corrected chi connectivity index (χ0v) is 14.4. The lowest BCUT2D eigenvalue weighted by atomic mass is 9.98. The number of hydrogen-bond acceptors (Lipinski definition) is 3. The van der Waals surface area contributed by atoms with Crippen molar-refractivity contribution in [1.29, 1.82) is 0 Å². The lowest BCUT2D eigenvalue weighted by Gasteiger charge is -2.15. The Kier molecular flexibility index (Phi) is 4.38. The summed E-state index contributed by atoms with van der Waals surface area (Å²) in [5, 5.41) is 8.67. The number of likely N-dealkylation sites (N-methyl/N-ethyl adjacent to an activating group) is 1. The summed E-state index contributed by atoms with van der Waals surface area (Å²) in [7, 11) is 4.00. The van der Waals surface area contributed by atoms with Crippen LogP contribution < -0.4 is 5.32 Å². The third kappa shape index (κ3) is 2.89. The van der Waals surface area contributed by atoms with Gasteiger partial charge >= 0.3 is 0 Å². The predicted octanol–water partition coefficient (Wildman–Crippen LogP) is 3.83. The van der Waals surface area contributed by atoms with Gasteiger partial charge in [0, 0.05) is 29.3 Å². The van der Waals surface area contributed by atoms with E-state index in [4.69, 9.17) is 11.6 Å². The standard InChI is InChI=1S/C16H22ClN3S/c1-10-16(17)13(20(3)19-10)9-12(18-2)15-8-11-6-4-5-7-14(11)21-15/h8,12,18H,4-7,9H2,1-3H3. The average Bonchev–Trinajstić information content (AvgIpc) is 3.00. The van der Waals surface area contributed by atoms with Crippen LogP contribution in [0.2, 0.25) is 5.02 Å². The van der Waals surface area contributed by atoms with Crippen LogP contribution in [-0.4, -0.2) is 16.8 Å². The average molecular weight is 324 g/mol. The quantitative estimate of drug-likeness (QED) is 0.926. The molecule has 0 spiro atoms. The predicted molar refractivity (Wildman–Crippen MR) is 89.4 cm³/mol. The molecule has 114 valence electrons. The molecule has 2 heterocycles. The molecule has 0 saturated heterocycles. The van der Waals surface area contributed by atoms with Gasteiger partial charge in [0.05, 0.1) is 16.4 Å². The SMILES string of the molecule is CNC(Cc1c(Cl)c(C)nn1C)c1cc2c(s1)CCCC2. The van der Waals surface area contributed by atoms with Crippen LogP contribution >= 0.6 is 22.9 Å². The summed E-state index contributed by atoms with van der Waals surface area (Å²) < 4.78 is 1.91. The Hall–Kier alpha value is -0.840. The summed E-state index contributed by atoms with van der Waals surface area (Å²) in [5.41, 5.74) is 3.59. The first-order valence-electron chi connectivity index (χ1n) is 7.57. The lowest BCUT2D eigenvalue weighted by Crippen LogP contribution is -2.19. The molecular formula is C16H22ClN3S. The molecule has 1 aliphatic rings. The molecule has 21 heavy (non-hydrogen) atoms. The van der Waals surface area contributed by atoms with Crippen LogP contribution in [0.4, 0.5) is 0 Å². The van der Waals surface area contributed by atoms with Crippen LogP contribution in [0.25, 0.3) is 0 Å². The van der Waals surface area contributed by atoms with Crippen LogP contribution in [0, 0.1) is 6.92 Å². The first kappa shape index (κ1) is 15.1. The van der Waals surface area contributed by atoms with E-state index in [9.17, 15) is 0 Å². The van der Waals surface area contributed by atoms with Crippen molar-refractivity contribution < 1.29 is 0 Å². The second-order valence-corrected chi connectivity index (χ2v) is 7.37. The molecule has 0 aliphatic heterocycles. The van der Waals surface area contributed by atoms with E-state index in [0.29, 0.717) is 6.04 Å². The molecule has 1 aliphatic carbocycles. The van der Waals surface area contributed by atoms with Gasteiger partial charge in [-0.3, -0.25) is 4.68 Å². The molecule has 0 aromatic carbocycles. The maximum absolute atomic E-state index is 6.40. The number of hydrogen-bond donors (Lipinski definition) is 1. The largest absolute Gasteiger partial charge is 0.312 e. The van der Waals surface area contributed by atoms with Gasteiger partial charge in [0.1, 0.15) is 0 Å². The Morgan fingerprint density at radius 3 is 2.81 bits per heavy atom. The highest BCUT2D eigenvalue weighted by Gasteiger charge is 2.21. The highest BCUT2D eigenvalue weighted by molar-refractivity contribution is 7.12. The first-order chi connectivity index (χ1) is 10.1. The van der Waals surface area contributed by atoms with E-state index in [2.05, 4.69) is 16.5 Å². The van der Waals surface area contributed by atoms with Crippen molar-refractivity contribution in [3.05, 3.63) is 37.8 Å². The molecule has 0 fully saturated rings. The Morgan fingerprint density at radius 1 is 1.43 bits per heavy atom. The number of nitrogens with one attached hydrogen (secondary N) is 1. The van der Waals surface area contributed by atoms with E-state index in [0.717, 1.165) is 22.8 Å². The van der Waals surface area contributed by atoms with E-state index in [-0.39, 0.29) is 0 Å². The molecule has 0 amide bonds. The van der Waals surface area contributed by atoms with Crippen molar-refractivity contribution >= 4 is 22.9 Å². The van der Waals surface area contributed by atoms with Crippen molar-refractivity contribution in [3.63, 3.8) is 0 Å². The molecule has 5 heteroatoms. The summed E-state index contributed by atoms with van der Waals surface area (Å²) in [6, 6.07) is 2.71. The van der Waals surface area contributed by atoms with Crippen LogP contribution in [-0.2, 0) is 26.3 Å². The van der Waals surface area contributed by atoms with Gasteiger partial charge in [-0.15, -0.1) is 11.3 Å². The molecule has 1 N–H and O–H groups in total. The van der Waals surface area contributed by atoms with E-state index in [1.807, 2.05) is 37.0 Å². The van der Waals surface area contributed by atoms with E-state index in [1.54, 1.807) is 10.4 Å². The molecular weight excluding hydrogens is 302 g/mol. The zero-order valence-electron chi connectivity index (χ0n) is 12.9. The van der Waals surface area contributed by atoms with Crippen LogP contribution in [0.5, 0.6) is 0 Å². The maximum atomic E-state index is 6.40. The second-order valence-electron chi connectivity index (χ2n) is 5.82. The second kappa shape index (κ2) is 6.11. The van der Waals surface area contributed by atoms with Gasteiger partial charge in [-0.25, -0.2) is 0 Å². The van der Waals surface area contributed by atoms with Crippen LogP contribution in [0.1, 0.15) is 45.6 Å². The smallest absolute Gasteiger partial charge is 0.0847 e. The molecule has 3 rings (SSSR count). The Labute approximate surface area is 135 Å². The van der Waals surface area contributed by atoms with Crippen molar-refractivity contribution in [3.8, 4) is 0 Å². The Morgan fingerprint density at radius 2 is 2.19 bits per heavy atom. The highest BCUT2D eigenvalue weighted by atomic mass is 35.5. The van der Waals surface area contributed by atoms with Gasteiger partial charge in [0.2, 0.25) is 0 Å². The Balaban J connectivity index is 1.86. The number of rotatable bonds is 4. The molecule has 0 radical (unpaired) electrons. The Bertz CT molecular complexity index is 621. The first-order valence-corrected chi connectivity index (χ1v) is 8.76. The van der Waals surface area contributed by atoms with Gasteiger partial charge in [-0.2, -0.15) is 5.10 Å². The fourth-order valence-corrected chi connectivity index (χ4v) is 4.73. The molecule has 1 atom stereocenters. The number of nitrogens with zero attached hydrogens (tertiary/aromatic N) is 2. The van der Waals surface area contributed by atoms with E-state index >= 15 is 0 Å². The van der Waals surface area contributed by atoms with Crippen molar-refractivity contribution in [1.82, 2.24) is 15.1 Å². The molecule has 3 nitrogen and oxygen atoms in total. The van der Waals surface area contributed by atoms with Gasteiger partial charge < -0.3 is 5.32 Å². The van der Waals surface area contributed by atoms with Gasteiger partial charge in [-0.05, 0) is 51.3 Å². The van der Waals surface area contributed by atoms with Crippen molar-refractivity contribution in [2.24, 2.45) is 7.05 Å². The van der Waals surface area contributed by atoms with Crippen LogP contribution in [0.15, 0.2) is 6.07 Å². The fourth-order valence-electron chi connectivity index (χ4n) is 3.13. The highest BCUT2D eigenvalue weighted by Crippen LogP contribution is 2.35. The van der Waals surface area contributed by atoms with Gasteiger partial charge in [-0.1, -0.05) is 11.6 Å². The normalized spacial score (nSPS) is 16.0. The molecule has 1 unspecified atom stereocenters. The van der Waals surface area contributed by atoms with Crippen molar-refractivity contribution in [2.45, 2.75) is 45.1 Å². The lowest BCUT2D eigenvalue weighted by molar-refractivity contribution is 0.569. The number of fused-ring (bicyclic) bond motifs is 1. The number of aryl methyl sites for hydroxylation is 4. The molecule has 2 aromatic heterocycles. The van der Waals surface area contributed by atoms with Crippen molar-refractivity contribution in [2.75, 3.05) is 7.05 Å². The number of thiophene rings is 1. The van der Waals surface area contributed by atoms with Gasteiger partial charge in [0.25, 0.3) is 0 Å². The topological polar surface area (TPSA) is 29.9 Å². The summed E-state index contributed by atoms with van der Waals surface area (Å²) in [6.45, 7) is 1.96. The molecule has 0 bridgehead atoms. The molecule has 2 aromatic rings. The third-order valence-corrected chi connectivity index (χ3v) is 6.21.